The van der Waals surface area contributed by atoms with Gasteiger partial charge in [0.15, 0.2) is 0 Å². The molecule has 0 bridgehead atoms. The molecular weight excluding hydrogens is 392 g/mol. The predicted octanol–water partition coefficient (Wildman–Crippen LogP) is 3.83. The van der Waals surface area contributed by atoms with Crippen LogP contribution in [0, 0.1) is 5.92 Å². The molecule has 2 aromatic rings. The maximum absolute atomic E-state index is 12.8. The van der Waals surface area contributed by atoms with Crippen LogP contribution in [0.1, 0.15) is 23.2 Å². The quantitative estimate of drug-likeness (QED) is 0.814. The fourth-order valence-corrected chi connectivity index (χ4v) is 3.18. The van der Waals surface area contributed by atoms with Crippen LogP contribution in [0.25, 0.3) is 0 Å². The zero-order valence-corrected chi connectivity index (χ0v) is 15.5. The number of alkyl halides is 2. The van der Waals surface area contributed by atoms with Crippen molar-refractivity contribution < 1.29 is 23.1 Å². The summed E-state index contributed by atoms with van der Waals surface area (Å²) < 4.78 is 29.6. The minimum absolute atomic E-state index is 0.0447. The minimum Gasteiger partial charge on any atom is -0.434 e. The van der Waals surface area contributed by atoms with E-state index in [9.17, 15) is 18.4 Å². The summed E-state index contributed by atoms with van der Waals surface area (Å²) >= 11 is 5.78. The Morgan fingerprint density at radius 2 is 2.04 bits per heavy atom. The lowest BCUT2D eigenvalue weighted by Crippen LogP contribution is -2.44. The molecule has 3 rings (SSSR count). The van der Waals surface area contributed by atoms with Crippen molar-refractivity contribution in [1.29, 1.82) is 0 Å². The molecule has 1 N–H and O–H groups in total. The number of anilines is 1. The van der Waals surface area contributed by atoms with E-state index in [1.54, 1.807) is 18.2 Å². The summed E-state index contributed by atoms with van der Waals surface area (Å²) in [5.74, 6) is -0.950. The summed E-state index contributed by atoms with van der Waals surface area (Å²) in [4.78, 5) is 30.8. The number of hydrogen-bond donors (Lipinski definition) is 1. The molecule has 6 nitrogen and oxygen atoms in total. The van der Waals surface area contributed by atoms with Gasteiger partial charge in [-0.25, -0.2) is 4.98 Å². The molecule has 1 aromatic heterocycles. The van der Waals surface area contributed by atoms with Crippen LogP contribution < -0.4 is 10.1 Å². The molecule has 1 aliphatic heterocycles. The number of amides is 2. The Balaban J connectivity index is 1.68. The number of nitrogens with one attached hydrogen (secondary N) is 1. The molecule has 0 aliphatic carbocycles. The average Bonchev–Trinajstić information content (AvgIpc) is 2.69. The Bertz CT molecular complexity index is 849. The van der Waals surface area contributed by atoms with Gasteiger partial charge in [-0.2, -0.15) is 8.78 Å². The predicted molar refractivity (Wildman–Crippen MR) is 99.6 cm³/mol. The molecule has 1 saturated heterocycles. The van der Waals surface area contributed by atoms with Crippen LogP contribution in [-0.2, 0) is 4.79 Å². The number of hydrogen-bond acceptors (Lipinski definition) is 4. The van der Waals surface area contributed by atoms with E-state index in [2.05, 4.69) is 15.0 Å². The van der Waals surface area contributed by atoms with Gasteiger partial charge in [-0.05, 0) is 37.1 Å². The molecule has 1 unspecified atom stereocenters. The molecular formula is C19H18ClF2N3O3. The van der Waals surface area contributed by atoms with Crippen LogP contribution in [0.2, 0.25) is 5.02 Å². The van der Waals surface area contributed by atoms with Gasteiger partial charge in [0.05, 0.1) is 16.5 Å². The fourth-order valence-electron chi connectivity index (χ4n) is 3.07. The number of pyridine rings is 1. The first-order valence-electron chi connectivity index (χ1n) is 8.69. The van der Waals surface area contributed by atoms with E-state index in [4.69, 9.17) is 11.6 Å². The molecule has 9 heteroatoms. The highest BCUT2D eigenvalue weighted by atomic mass is 35.5. The molecule has 2 heterocycles. The van der Waals surface area contributed by atoms with Crippen LogP contribution in [0.15, 0.2) is 42.6 Å². The summed E-state index contributed by atoms with van der Waals surface area (Å²) in [6, 6.07) is 9.04. The maximum atomic E-state index is 12.8. The standard InChI is InChI=1S/C19H18ClF2N3O3/c20-13-7-8-16(23-10-13)24-17(26)12-4-3-9-25(11-12)18(27)14-5-1-2-6-15(14)28-19(21)22/h1-2,5-8,10,12,19H,3-4,9,11H2,(H,23,24,26). The molecule has 0 spiro atoms. The van der Waals surface area contributed by atoms with Gasteiger partial charge in [0.25, 0.3) is 5.91 Å². The van der Waals surface area contributed by atoms with Crippen LogP contribution in [-0.4, -0.2) is 41.4 Å². The number of piperidine rings is 1. The smallest absolute Gasteiger partial charge is 0.387 e. The molecule has 0 saturated carbocycles. The average molecular weight is 410 g/mol. The normalized spacial score (nSPS) is 16.7. The van der Waals surface area contributed by atoms with E-state index in [1.807, 2.05) is 0 Å². The van der Waals surface area contributed by atoms with E-state index in [0.717, 1.165) is 0 Å². The number of benzene rings is 1. The van der Waals surface area contributed by atoms with Crippen molar-refractivity contribution in [2.24, 2.45) is 5.92 Å². The second-order valence-corrected chi connectivity index (χ2v) is 6.75. The number of likely N-dealkylation sites (tertiary alicyclic amines) is 1. The topological polar surface area (TPSA) is 71.5 Å². The van der Waals surface area contributed by atoms with E-state index in [0.29, 0.717) is 30.2 Å². The highest BCUT2D eigenvalue weighted by molar-refractivity contribution is 6.30. The third-order valence-electron chi connectivity index (χ3n) is 4.39. The number of nitrogens with zero attached hydrogens (tertiary/aromatic N) is 2. The van der Waals surface area contributed by atoms with Crippen molar-refractivity contribution >= 4 is 29.2 Å². The van der Waals surface area contributed by atoms with E-state index in [1.165, 1.54) is 29.3 Å². The lowest BCUT2D eigenvalue weighted by Gasteiger charge is -2.32. The molecule has 2 amide bonds. The van der Waals surface area contributed by atoms with Gasteiger partial charge >= 0.3 is 6.61 Å². The fraction of sp³-hybridized carbons (Fsp3) is 0.316. The number of ether oxygens (including phenoxy) is 1. The van der Waals surface area contributed by atoms with Crippen molar-refractivity contribution in [2.45, 2.75) is 19.5 Å². The second-order valence-electron chi connectivity index (χ2n) is 6.32. The summed E-state index contributed by atoms with van der Waals surface area (Å²) in [6.07, 6.45) is 2.65. The van der Waals surface area contributed by atoms with Gasteiger partial charge in [-0.3, -0.25) is 9.59 Å². The third-order valence-corrected chi connectivity index (χ3v) is 4.62. The summed E-state index contributed by atoms with van der Waals surface area (Å²) in [5.41, 5.74) is 0.0447. The third kappa shape index (κ3) is 4.95. The molecule has 1 aromatic carbocycles. The number of halogens is 3. The Morgan fingerprint density at radius 1 is 1.25 bits per heavy atom. The van der Waals surface area contributed by atoms with Gasteiger partial charge in [-0.15, -0.1) is 0 Å². The maximum Gasteiger partial charge on any atom is 0.387 e. The molecule has 148 valence electrons. The number of carbonyl (C=O) groups is 2. The lowest BCUT2D eigenvalue weighted by molar-refractivity contribution is -0.121. The highest BCUT2D eigenvalue weighted by Crippen LogP contribution is 2.25. The number of rotatable bonds is 5. The van der Waals surface area contributed by atoms with Gasteiger partial charge < -0.3 is 15.0 Å². The van der Waals surface area contributed by atoms with Crippen molar-refractivity contribution in [2.75, 3.05) is 18.4 Å². The summed E-state index contributed by atoms with van der Waals surface area (Å²) in [5, 5.41) is 3.16. The molecule has 1 atom stereocenters. The zero-order chi connectivity index (χ0) is 20.1. The van der Waals surface area contributed by atoms with E-state index < -0.39 is 18.4 Å². The first kappa shape index (κ1) is 20.0. The largest absolute Gasteiger partial charge is 0.434 e. The Hall–Kier alpha value is -2.74. The summed E-state index contributed by atoms with van der Waals surface area (Å²) in [7, 11) is 0. The first-order valence-corrected chi connectivity index (χ1v) is 9.07. The zero-order valence-electron chi connectivity index (χ0n) is 14.8. The van der Waals surface area contributed by atoms with E-state index >= 15 is 0 Å². The van der Waals surface area contributed by atoms with Gasteiger partial charge in [0.2, 0.25) is 5.91 Å². The van der Waals surface area contributed by atoms with Crippen LogP contribution in [0.4, 0.5) is 14.6 Å². The molecule has 1 aliphatic rings. The van der Waals surface area contributed by atoms with Crippen LogP contribution >= 0.6 is 11.6 Å². The van der Waals surface area contributed by atoms with Crippen molar-refractivity contribution in [1.82, 2.24) is 9.88 Å². The Kier molecular flexibility index (Phi) is 6.41. The Labute approximate surface area is 165 Å². The lowest BCUT2D eigenvalue weighted by atomic mass is 9.96. The number of para-hydroxylation sites is 1. The monoisotopic (exact) mass is 409 g/mol. The highest BCUT2D eigenvalue weighted by Gasteiger charge is 2.30. The first-order chi connectivity index (χ1) is 13.4. The van der Waals surface area contributed by atoms with Gasteiger partial charge in [0.1, 0.15) is 11.6 Å². The number of carbonyl (C=O) groups excluding carboxylic acids is 2. The molecule has 1 fully saturated rings. The summed E-state index contributed by atoms with van der Waals surface area (Å²) in [6.45, 7) is -2.41. The SMILES string of the molecule is O=C(Nc1ccc(Cl)cn1)C1CCCN(C(=O)c2ccccc2OC(F)F)C1. The van der Waals surface area contributed by atoms with Gasteiger partial charge in [0, 0.05) is 19.3 Å². The van der Waals surface area contributed by atoms with Crippen molar-refractivity contribution in [3.8, 4) is 5.75 Å². The van der Waals surface area contributed by atoms with Crippen LogP contribution in [0.5, 0.6) is 5.75 Å². The second kappa shape index (κ2) is 8.97. The van der Waals surface area contributed by atoms with Crippen molar-refractivity contribution in [3.05, 3.63) is 53.2 Å². The number of aromatic nitrogens is 1. The molecule has 28 heavy (non-hydrogen) atoms. The Morgan fingerprint density at radius 3 is 2.75 bits per heavy atom. The van der Waals surface area contributed by atoms with E-state index in [-0.39, 0.29) is 23.8 Å². The molecule has 0 radical (unpaired) electrons. The van der Waals surface area contributed by atoms with Crippen molar-refractivity contribution in [3.63, 3.8) is 0 Å². The van der Waals surface area contributed by atoms with Gasteiger partial charge in [-0.1, -0.05) is 23.7 Å². The van der Waals surface area contributed by atoms with Crippen LogP contribution in [0.3, 0.4) is 0 Å². The minimum atomic E-state index is -3.03.